The van der Waals surface area contributed by atoms with Crippen LogP contribution in [0, 0.1) is 0 Å². The molecule has 0 aliphatic heterocycles. The summed E-state index contributed by atoms with van der Waals surface area (Å²) in [6.07, 6.45) is 0. The molecule has 0 saturated heterocycles. The number of furan rings is 1. The van der Waals surface area contributed by atoms with E-state index in [1.165, 1.54) is 0 Å². The highest BCUT2D eigenvalue weighted by Crippen LogP contribution is 2.43. The molecule has 0 aliphatic carbocycles. The maximum absolute atomic E-state index is 6.70. The Hall–Kier alpha value is -6.85. The number of para-hydroxylation sites is 2. The summed E-state index contributed by atoms with van der Waals surface area (Å²) in [6.45, 7) is 0. The molecule has 0 fully saturated rings. The lowest BCUT2D eigenvalue weighted by Gasteiger charge is -2.13. The molecule has 0 bridgehead atoms. The van der Waals surface area contributed by atoms with Crippen LogP contribution in [-0.2, 0) is 0 Å². The van der Waals surface area contributed by atoms with Gasteiger partial charge in [0.25, 0.3) is 0 Å². The molecule has 0 atom stereocenters. The molecular weight excluding hydrogens is 613 g/mol. The van der Waals surface area contributed by atoms with E-state index in [0.717, 1.165) is 77.1 Å². The van der Waals surface area contributed by atoms with Crippen molar-refractivity contribution in [1.82, 2.24) is 19.5 Å². The molecule has 0 amide bonds. The SMILES string of the molecule is c1ccc(-c2ccc(-c3nc(-c4ccccc4)nc(-n4c5c(-c6ccccc6)cccc5c5ccc6c7ccccc7oc6c54)n3)cc2)cc1. The van der Waals surface area contributed by atoms with Gasteiger partial charge in [-0.2, -0.15) is 9.97 Å². The minimum absolute atomic E-state index is 0.525. The summed E-state index contributed by atoms with van der Waals surface area (Å²) in [5.74, 6) is 1.72. The van der Waals surface area contributed by atoms with E-state index in [4.69, 9.17) is 19.4 Å². The van der Waals surface area contributed by atoms with Gasteiger partial charge in [-0.25, -0.2) is 4.98 Å². The fraction of sp³-hybridized carbons (Fsp3) is 0. The van der Waals surface area contributed by atoms with Crippen molar-refractivity contribution in [2.45, 2.75) is 0 Å². The molecule has 0 saturated carbocycles. The normalized spacial score (nSPS) is 11.6. The zero-order valence-corrected chi connectivity index (χ0v) is 26.9. The third-order valence-corrected chi connectivity index (χ3v) is 9.48. The summed E-state index contributed by atoms with van der Waals surface area (Å²) in [7, 11) is 0. The van der Waals surface area contributed by atoms with E-state index >= 15 is 0 Å². The van der Waals surface area contributed by atoms with Crippen molar-refractivity contribution in [3.63, 3.8) is 0 Å². The van der Waals surface area contributed by atoms with Crippen molar-refractivity contribution >= 4 is 43.7 Å². The van der Waals surface area contributed by atoms with Crippen LogP contribution < -0.4 is 0 Å². The molecular formula is C45H28N4O. The van der Waals surface area contributed by atoms with Crippen LogP contribution in [0.3, 0.4) is 0 Å². The van der Waals surface area contributed by atoms with Crippen molar-refractivity contribution < 1.29 is 4.42 Å². The van der Waals surface area contributed by atoms with Crippen molar-refractivity contribution in [2.75, 3.05) is 0 Å². The van der Waals surface area contributed by atoms with E-state index in [0.29, 0.717) is 17.6 Å². The first-order chi connectivity index (χ1) is 24.8. The predicted octanol–water partition coefficient (Wildman–Crippen LogP) is 11.5. The Kier molecular flexibility index (Phi) is 6.42. The summed E-state index contributed by atoms with van der Waals surface area (Å²) in [5.41, 5.74) is 9.88. The van der Waals surface area contributed by atoms with E-state index in [2.05, 4.69) is 120 Å². The van der Waals surface area contributed by atoms with Crippen molar-refractivity contribution in [3.05, 3.63) is 170 Å². The first-order valence-electron chi connectivity index (χ1n) is 16.7. The molecule has 10 aromatic rings. The molecule has 7 aromatic carbocycles. The molecule has 3 aromatic heterocycles. The molecule has 0 unspecified atom stereocenters. The first kappa shape index (κ1) is 28.2. The Morgan fingerprint density at radius 2 is 0.880 bits per heavy atom. The van der Waals surface area contributed by atoms with Crippen molar-refractivity contribution in [1.29, 1.82) is 0 Å². The highest BCUT2D eigenvalue weighted by Gasteiger charge is 2.24. The van der Waals surface area contributed by atoms with Crippen LogP contribution in [0.4, 0.5) is 0 Å². The number of hydrogen-bond donors (Lipinski definition) is 0. The zero-order valence-electron chi connectivity index (χ0n) is 26.9. The van der Waals surface area contributed by atoms with Gasteiger partial charge in [0.2, 0.25) is 5.95 Å². The van der Waals surface area contributed by atoms with Crippen LogP contribution in [0.25, 0.3) is 94.7 Å². The first-order valence-corrected chi connectivity index (χ1v) is 16.7. The Labute approximate surface area is 287 Å². The van der Waals surface area contributed by atoms with Gasteiger partial charge in [-0.15, -0.1) is 0 Å². The average molecular weight is 641 g/mol. The Morgan fingerprint density at radius 1 is 0.360 bits per heavy atom. The third-order valence-electron chi connectivity index (χ3n) is 9.48. The van der Waals surface area contributed by atoms with Crippen LogP contribution in [0.1, 0.15) is 0 Å². The second kappa shape index (κ2) is 11.4. The van der Waals surface area contributed by atoms with Gasteiger partial charge in [0, 0.05) is 38.2 Å². The van der Waals surface area contributed by atoms with Gasteiger partial charge in [-0.05, 0) is 28.8 Å². The molecule has 10 rings (SSSR count). The minimum atomic E-state index is 0.525. The lowest BCUT2D eigenvalue weighted by atomic mass is 10.0. The molecule has 234 valence electrons. The third kappa shape index (κ3) is 4.52. The van der Waals surface area contributed by atoms with Crippen LogP contribution in [-0.4, -0.2) is 19.5 Å². The average Bonchev–Trinajstić information content (AvgIpc) is 3.75. The molecule has 5 nitrogen and oxygen atoms in total. The van der Waals surface area contributed by atoms with Crippen molar-refractivity contribution in [3.8, 4) is 51.0 Å². The number of aromatic nitrogens is 4. The van der Waals surface area contributed by atoms with E-state index in [1.54, 1.807) is 0 Å². The lowest BCUT2D eigenvalue weighted by Crippen LogP contribution is -2.07. The number of hydrogen-bond acceptors (Lipinski definition) is 4. The fourth-order valence-corrected chi connectivity index (χ4v) is 7.13. The zero-order chi connectivity index (χ0) is 33.0. The summed E-state index contributed by atoms with van der Waals surface area (Å²) in [6, 6.07) is 58.5. The summed E-state index contributed by atoms with van der Waals surface area (Å²) < 4.78 is 8.88. The fourth-order valence-electron chi connectivity index (χ4n) is 7.13. The molecule has 5 heteroatoms. The minimum Gasteiger partial charge on any atom is -0.454 e. The number of fused-ring (bicyclic) bond motifs is 7. The number of rotatable bonds is 5. The molecule has 50 heavy (non-hydrogen) atoms. The van der Waals surface area contributed by atoms with E-state index < -0.39 is 0 Å². The number of nitrogens with zero attached hydrogens (tertiary/aromatic N) is 4. The van der Waals surface area contributed by atoms with Gasteiger partial charge in [-0.3, -0.25) is 4.57 Å². The molecule has 3 heterocycles. The van der Waals surface area contributed by atoms with Gasteiger partial charge in [0.15, 0.2) is 17.2 Å². The van der Waals surface area contributed by atoms with Crippen LogP contribution in [0.2, 0.25) is 0 Å². The second-order valence-electron chi connectivity index (χ2n) is 12.4. The highest BCUT2D eigenvalue weighted by atomic mass is 16.3. The summed E-state index contributed by atoms with van der Waals surface area (Å²) >= 11 is 0. The highest BCUT2D eigenvalue weighted by molar-refractivity contribution is 6.23. The second-order valence-corrected chi connectivity index (χ2v) is 12.4. The van der Waals surface area contributed by atoms with Gasteiger partial charge in [0.05, 0.1) is 5.52 Å². The molecule has 0 N–H and O–H groups in total. The van der Waals surface area contributed by atoms with Gasteiger partial charge >= 0.3 is 0 Å². The molecule has 0 aliphatic rings. The van der Waals surface area contributed by atoms with Crippen molar-refractivity contribution in [2.24, 2.45) is 0 Å². The monoisotopic (exact) mass is 640 g/mol. The Balaban J connectivity index is 1.31. The lowest BCUT2D eigenvalue weighted by molar-refractivity contribution is 0.670. The van der Waals surface area contributed by atoms with Crippen LogP contribution in [0.5, 0.6) is 0 Å². The quantitative estimate of drug-likeness (QED) is 0.188. The van der Waals surface area contributed by atoms with Gasteiger partial charge < -0.3 is 4.42 Å². The molecule has 0 radical (unpaired) electrons. The topological polar surface area (TPSA) is 56.7 Å². The van der Waals surface area contributed by atoms with Crippen LogP contribution in [0.15, 0.2) is 174 Å². The Morgan fingerprint density at radius 3 is 1.60 bits per heavy atom. The van der Waals surface area contributed by atoms with Gasteiger partial charge in [-0.1, -0.05) is 158 Å². The predicted molar refractivity (Wildman–Crippen MR) is 203 cm³/mol. The Bertz CT molecular complexity index is 2840. The van der Waals surface area contributed by atoms with E-state index in [9.17, 15) is 0 Å². The maximum Gasteiger partial charge on any atom is 0.238 e. The summed E-state index contributed by atoms with van der Waals surface area (Å²) in [4.78, 5) is 15.6. The summed E-state index contributed by atoms with van der Waals surface area (Å²) in [5, 5.41) is 4.29. The maximum atomic E-state index is 6.70. The van der Waals surface area contributed by atoms with Crippen LogP contribution >= 0.6 is 0 Å². The largest absolute Gasteiger partial charge is 0.454 e. The smallest absolute Gasteiger partial charge is 0.238 e. The number of benzene rings is 7. The van der Waals surface area contributed by atoms with E-state index in [1.807, 2.05) is 54.6 Å². The van der Waals surface area contributed by atoms with E-state index in [-0.39, 0.29) is 0 Å². The standard InChI is InChI=1S/C45H28N4O/c1-4-13-29(14-5-1)30-23-25-33(26-24-30)44-46-43(32-17-8-3-9-18-32)47-45(48-44)49-40-34(31-15-6-2-7-16-31)20-12-21-36(40)37-27-28-38-35-19-10-11-22-39(35)50-42(38)41(37)49/h1-28H. The molecule has 0 spiro atoms. The van der Waals surface area contributed by atoms with Gasteiger partial charge in [0.1, 0.15) is 11.1 Å².